The number of hydrogen-bond donors (Lipinski definition) is 0. The summed E-state index contributed by atoms with van der Waals surface area (Å²) in [7, 11) is 0. The summed E-state index contributed by atoms with van der Waals surface area (Å²) >= 11 is 8.27. The summed E-state index contributed by atoms with van der Waals surface area (Å²) in [4.78, 5) is 2.71. The van der Waals surface area contributed by atoms with E-state index in [0.29, 0.717) is 0 Å². The molecule has 0 aromatic carbocycles. The lowest BCUT2D eigenvalue weighted by atomic mass is 10.1. The summed E-state index contributed by atoms with van der Waals surface area (Å²) < 4.78 is 0. The molecule has 0 amide bonds. The van der Waals surface area contributed by atoms with Crippen LogP contribution in [0, 0.1) is 6.92 Å². The highest BCUT2D eigenvalue weighted by Gasteiger charge is 2.09. The first-order valence-corrected chi connectivity index (χ1v) is 9.19. The average molecular weight is 301 g/mol. The molecule has 0 nitrogen and oxygen atoms in total. The van der Waals surface area contributed by atoms with Gasteiger partial charge in [-0.15, -0.1) is 22.9 Å². The minimum Gasteiger partial charge on any atom is -0.144 e. The number of hydrogen-bond acceptors (Lipinski definition) is 1. The Kier molecular flexibility index (Phi) is 9.63. The molecule has 0 aliphatic carbocycles. The predicted octanol–water partition coefficient (Wildman–Crippen LogP) is 7.26. The van der Waals surface area contributed by atoms with Crippen LogP contribution in [0.25, 0.3) is 0 Å². The number of rotatable bonds is 11. The van der Waals surface area contributed by atoms with Crippen LogP contribution < -0.4 is 0 Å². The van der Waals surface area contributed by atoms with Crippen LogP contribution in [0.3, 0.4) is 0 Å². The van der Waals surface area contributed by atoms with Crippen molar-refractivity contribution in [1.82, 2.24) is 0 Å². The third kappa shape index (κ3) is 7.99. The molecular formula is C17H29ClS. The fraction of sp³-hybridized carbons (Fsp3) is 0.765. The first kappa shape index (κ1) is 17.0. The van der Waals surface area contributed by atoms with Crippen LogP contribution in [-0.2, 0) is 0 Å². The van der Waals surface area contributed by atoms with Gasteiger partial charge in [0.15, 0.2) is 0 Å². The maximum absolute atomic E-state index is 6.43. The Balaban J connectivity index is 1.93. The van der Waals surface area contributed by atoms with Crippen LogP contribution >= 0.6 is 22.9 Å². The van der Waals surface area contributed by atoms with Crippen molar-refractivity contribution in [2.75, 3.05) is 0 Å². The Hall–Kier alpha value is -0.0100. The van der Waals surface area contributed by atoms with Gasteiger partial charge in [-0.05, 0) is 25.5 Å². The van der Waals surface area contributed by atoms with Crippen molar-refractivity contribution in [2.24, 2.45) is 0 Å². The molecule has 1 aromatic rings. The molecule has 0 saturated heterocycles. The maximum Gasteiger partial charge on any atom is 0.0678 e. The van der Waals surface area contributed by atoms with Crippen molar-refractivity contribution >= 4 is 22.9 Å². The molecule has 19 heavy (non-hydrogen) atoms. The van der Waals surface area contributed by atoms with E-state index in [2.05, 4.69) is 26.0 Å². The van der Waals surface area contributed by atoms with Crippen LogP contribution in [0.5, 0.6) is 0 Å². The molecule has 0 N–H and O–H groups in total. The molecule has 0 spiro atoms. The van der Waals surface area contributed by atoms with Gasteiger partial charge in [0.05, 0.1) is 5.38 Å². The molecule has 1 aromatic heterocycles. The van der Waals surface area contributed by atoms with E-state index < -0.39 is 0 Å². The van der Waals surface area contributed by atoms with Gasteiger partial charge < -0.3 is 0 Å². The predicted molar refractivity (Wildman–Crippen MR) is 89.5 cm³/mol. The smallest absolute Gasteiger partial charge is 0.0678 e. The summed E-state index contributed by atoms with van der Waals surface area (Å²) in [6, 6.07) is 4.36. The number of unbranched alkanes of at least 4 members (excludes halogenated alkanes) is 8. The maximum atomic E-state index is 6.43. The first-order valence-electron chi connectivity index (χ1n) is 7.94. The summed E-state index contributed by atoms with van der Waals surface area (Å²) in [6.45, 7) is 4.42. The van der Waals surface area contributed by atoms with E-state index in [0.717, 1.165) is 6.42 Å². The monoisotopic (exact) mass is 300 g/mol. The largest absolute Gasteiger partial charge is 0.144 e. The Morgan fingerprint density at radius 1 is 0.947 bits per heavy atom. The summed E-state index contributed by atoms with van der Waals surface area (Å²) in [5.41, 5.74) is 0. The highest BCUT2D eigenvalue weighted by molar-refractivity contribution is 7.12. The molecule has 0 aliphatic rings. The third-order valence-corrected chi connectivity index (χ3v) is 5.33. The van der Waals surface area contributed by atoms with Crippen molar-refractivity contribution < 1.29 is 0 Å². The Morgan fingerprint density at radius 3 is 2.05 bits per heavy atom. The molecule has 1 unspecified atom stereocenters. The molecule has 0 aliphatic heterocycles. The summed E-state index contributed by atoms with van der Waals surface area (Å²) in [5, 5.41) is 0.239. The van der Waals surface area contributed by atoms with Crippen LogP contribution in [0.4, 0.5) is 0 Å². The second kappa shape index (κ2) is 10.7. The average Bonchev–Trinajstić information content (AvgIpc) is 2.83. The molecule has 2 heteroatoms. The molecule has 0 fully saturated rings. The van der Waals surface area contributed by atoms with Gasteiger partial charge in [-0.1, -0.05) is 64.7 Å². The van der Waals surface area contributed by atoms with Gasteiger partial charge in [0.25, 0.3) is 0 Å². The molecule has 1 rings (SSSR count). The van der Waals surface area contributed by atoms with E-state index >= 15 is 0 Å². The summed E-state index contributed by atoms with van der Waals surface area (Å²) in [6.07, 6.45) is 13.6. The minimum absolute atomic E-state index is 0.239. The quantitative estimate of drug-likeness (QED) is 0.298. The fourth-order valence-corrected chi connectivity index (χ4v) is 3.65. The molecule has 0 bridgehead atoms. The van der Waals surface area contributed by atoms with Gasteiger partial charge >= 0.3 is 0 Å². The van der Waals surface area contributed by atoms with E-state index in [-0.39, 0.29) is 5.38 Å². The van der Waals surface area contributed by atoms with Gasteiger partial charge in [0.1, 0.15) is 0 Å². The molecule has 1 heterocycles. The second-order valence-corrected chi connectivity index (χ2v) is 7.38. The van der Waals surface area contributed by atoms with Crippen molar-refractivity contribution in [3.63, 3.8) is 0 Å². The van der Waals surface area contributed by atoms with E-state index in [1.54, 1.807) is 0 Å². The number of alkyl halides is 1. The third-order valence-electron chi connectivity index (χ3n) is 3.63. The van der Waals surface area contributed by atoms with E-state index in [4.69, 9.17) is 11.6 Å². The zero-order chi connectivity index (χ0) is 13.9. The van der Waals surface area contributed by atoms with E-state index in [9.17, 15) is 0 Å². The standard InChI is InChI=1S/C17H29ClS/c1-3-4-5-6-7-8-9-10-11-12-16(18)17-14-13-15(2)19-17/h13-14,16H,3-12H2,1-2H3. The number of halogens is 1. The lowest BCUT2D eigenvalue weighted by Gasteiger charge is -2.07. The molecule has 0 saturated carbocycles. The van der Waals surface area contributed by atoms with Crippen LogP contribution in [0.2, 0.25) is 0 Å². The van der Waals surface area contributed by atoms with E-state index in [1.165, 1.54) is 67.5 Å². The van der Waals surface area contributed by atoms with Crippen molar-refractivity contribution in [1.29, 1.82) is 0 Å². The lowest BCUT2D eigenvalue weighted by Crippen LogP contribution is -1.87. The Morgan fingerprint density at radius 2 is 1.53 bits per heavy atom. The highest BCUT2D eigenvalue weighted by atomic mass is 35.5. The zero-order valence-corrected chi connectivity index (χ0v) is 14.2. The van der Waals surface area contributed by atoms with Gasteiger partial charge in [0, 0.05) is 9.75 Å². The van der Waals surface area contributed by atoms with Gasteiger partial charge in [-0.3, -0.25) is 0 Å². The lowest BCUT2D eigenvalue weighted by molar-refractivity contribution is 0.555. The zero-order valence-electron chi connectivity index (χ0n) is 12.6. The first-order chi connectivity index (χ1) is 9.24. The van der Waals surface area contributed by atoms with Gasteiger partial charge in [-0.2, -0.15) is 0 Å². The SMILES string of the molecule is CCCCCCCCCCCC(Cl)c1ccc(C)s1. The molecule has 110 valence electrons. The second-order valence-electron chi connectivity index (χ2n) is 5.53. The van der Waals surface area contributed by atoms with Crippen LogP contribution in [0.1, 0.15) is 86.3 Å². The summed E-state index contributed by atoms with van der Waals surface area (Å²) in [5.74, 6) is 0. The fourth-order valence-electron chi connectivity index (χ4n) is 2.40. The molecule has 0 radical (unpaired) electrons. The number of aryl methyl sites for hydroxylation is 1. The van der Waals surface area contributed by atoms with Crippen molar-refractivity contribution in [2.45, 2.75) is 83.4 Å². The highest BCUT2D eigenvalue weighted by Crippen LogP contribution is 2.31. The Labute approximate surface area is 128 Å². The number of thiophene rings is 1. The normalized spacial score (nSPS) is 12.8. The van der Waals surface area contributed by atoms with Gasteiger partial charge in [-0.25, -0.2) is 0 Å². The molecule has 1 atom stereocenters. The Bertz CT molecular complexity index is 319. The topological polar surface area (TPSA) is 0 Å². The van der Waals surface area contributed by atoms with Crippen LogP contribution in [0.15, 0.2) is 12.1 Å². The van der Waals surface area contributed by atoms with E-state index in [1.807, 2.05) is 11.3 Å². The minimum atomic E-state index is 0.239. The van der Waals surface area contributed by atoms with Crippen molar-refractivity contribution in [3.8, 4) is 0 Å². The van der Waals surface area contributed by atoms with Crippen LogP contribution in [-0.4, -0.2) is 0 Å². The molecular weight excluding hydrogens is 272 g/mol. The van der Waals surface area contributed by atoms with Crippen molar-refractivity contribution in [3.05, 3.63) is 21.9 Å². The van der Waals surface area contributed by atoms with Gasteiger partial charge in [0.2, 0.25) is 0 Å².